The molecule has 5 heteroatoms. The molecule has 1 aliphatic carbocycles. The van der Waals surface area contributed by atoms with Crippen molar-refractivity contribution in [1.29, 1.82) is 0 Å². The lowest BCUT2D eigenvalue weighted by Gasteiger charge is -2.41. The number of carbonyl (C=O) groups is 2. The highest BCUT2D eigenvalue weighted by atomic mass is 16.4. The molecule has 0 spiro atoms. The van der Waals surface area contributed by atoms with Gasteiger partial charge in [0.05, 0.1) is 0 Å². The van der Waals surface area contributed by atoms with Crippen molar-refractivity contribution >= 4 is 12.0 Å². The molecule has 1 saturated carbocycles. The van der Waals surface area contributed by atoms with Crippen LogP contribution in [0.25, 0.3) is 0 Å². The predicted octanol–water partition coefficient (Wildman–Crippen LogP) is 2.46. The standard InChI is InChI=1S/C15H26N2O3/c1-11-6-5-9-17(10-11)14(20)16-15(13(18)19)8-4-3-7-12(15)2/h11-12H,3-10H2,1-2H3,(H,16,20)(H,18,19). The molecule has 3 unspecified atom stereocenters. The number of aliphatic carboxylic acids is 1. The van der Waals surface area contributed by atoms with E-state index in [1.165, 1.54) is 0 Å². The number of likely N-dealkylation sites (tertiary alicyclic amines) is 1. The lowest BCUT2D eigenvalue weighted by atomic mass is 9.73. The first kappa shape index (κ1) is 15.1. The average molecular weight is 282 g/mol. The molecule has 1 aliphatic heterocycles. The van der Waals surface area contributed by atoms with E-state index in [2.05, 4.69) is 12.2 Å². The van der Waals surface area contributed by atoms with E-state index in [9.17, 15) is 14.7 Å². The van der Waals surface area contributed by atoms with E-state index in [0.29, 0.717) is 12.3 Å². The Kier molecular flexibility index (Phi) is 4.55. The monoisotopic (exact) mass is 282 g/mol. The van der Waals surface area contributed by atoms with Gasteiger partial charge in [-0.3, -0.25) is 0 Å². The number of nitrogens with zero attached hydrogens (tertiary/aromatic N) is 1. The van der Waals surface area contributed by atoms with E-state index < -0.39 is 11.5 Å². The number of nitrogens with one attached hydrogen (secondary N) is 1. The third kappa shape index (κ3) is 2.91. The number of hydrogen-bond donors (Lipinski definition) is 2. The molecule has 1 heterocycles. The van der Waals surface area contributed by atoms with Gasteiger partial charge in [0.25, 0.3) is 0 Å². The smallest absolute Gasteiger partial charge is 0.329 e. The van der Waals surface area contributed by atoms with Crippen LogP contribution in [0, 0.1) is 11.8 Å². The summed E-state index contributed by atoms with van der Waals surface area (Å²) in [5.74, 6) is -0.401. The van der Waals surface area contributed by atoms with Crippen molar-refractivity contribution in [3.63, 3.8) is 0 Å². The van der Waals surface area contributed by atoms with Crippen molar-refractivity contribution in [2.75, 3.05) is 13.1 Å². The molecular formula is C15H26N2O3. The van der Waals surface area contributed by atoms with Crippen LogP contribution in [0.1, 0.15) is 52.4 Å². The van der Waals surface area contributed by atoms with Gasteiger partial charge in [0.1, 0.15) is 5.54 Å². The first-order chi connectivity index (χ1) is 9.45. The van der Waals surface area contributed by atoms with E-state index in [1.807, 2.05) is 6.92 Å². The molecule has 2 rings (SSSR count). The molecule has 0 aromatic heterocycles. The maximum Gasteiger partial charge on any atom is 0.329 e. The Balaban J connectivity index is 2.08. The molecule has 20 heavy (non-hydrogen) atoms. The average Bonchev–Trinajstić information content (AvgIpc) is 2.41. The highest BCUT2D eigenvalue weighted by Crippen LogP contribution is 2.34. The van der Waals surface area contributed by atoms with Crippen molar-refractivity contribution in [2.45, 2.75) is 57.9 Å². The van der Waals surface area contributed by atoms with Crippen molar-refractivity contribution in [3.05, 3.63) is 0 Å². The summed E-state index contributed by atoms with van der Waals surface area (Å²) in [4.78, 5) is 25.9. The summed E-state index contributed by atoms with van der Waals surface area (Å²) in [6, 6.07) is -0.201. The molecule has 0 radical (unpaired) electrons. The van der Waals surface area contributed by atoms with Gasteiger partial charge in [0.2, 0.25) is 0 Å². The minimum Gasteiger partial charge on any atom is -0.479 e. The van der Waals surface area contributed by atoms with Gasteiger partial charge in [0, 0.05) is 13.1 Å². The van der Waals surface area contributed by atoms with Crippen LogP contribution in [-0.4, -0.2) is 40.6 Å². The molecule has 0 bridgehead atoms. The normalized spacial score (nSPS) is 34.6. The molecule has 114 valence electrons. The fraction of sp³-hybridized carbons (Fsp3) is 0.867. The lowest BCUT2D eigenvalue weighted by Crippen LogP contribution is -2.63. The third-order valence-corrected chi connectivity index (χ3v) is 4.96. The fourth-order valence-electron chi connectivity index (χ4n) is 3.55. The number of carboxylic acid groups (broad SMARTS) is 1. The minimum atomic E-state index is -1.07. The summed E-state index contributed by atoms with van der Waals surface area (Å²) in [7, 11) is 0. The highest BCUT2D eigenvalue weighted by Gasteiger charge is 2.47. The van der Waals surface area contributed by atoms with E-state index in [-0.39, 0.29) is 11.9 Å². The predicted molar refractivity (Wildman–Crippen MR) is 76.5 cm³/mol. The van der Waals surface area contributed by atoms with Gasteiger partial charge < -0.3 is 15.3 Å². The van der Waals surface area contributed by atoms with Gasteiger partial charge >= 0.3 is 12.0 Å². The zero-order valence-corrected chi connectivity index (χ0v) is 12.5. The molecule has 1 saturated heterocycles. The van der Waals surface area contributed by atoms with E-state index >= 15 is 0 Å². The van der Waals surface area contributed by atoms with Crippen molar-refractivity contribution in [2.24, 2.45) is 11.8 Å². The van der Waals surface area contributed by atoms with E-state index in [1.54, 1.807) is 4.90 Å². The molecule has 2 N–H and O–H groups in total. The summed E-state index contributed by atoms with van der Waals surface area (Å²) in [5.41, 5.74) is -1.07. The molecule has 2 amide bonds. The van der Waals surface area contributed by atoms with Gasteiger partial charge in [-0.25, -0.2) is 9.59 Å². The second kappa shape index (κ2) is 6.02. The Labute approximate surface area is 120 Å². The zero-order valence-electron chi connectivity index (χ0n) is 12.5. The fourth-order valence-corrected chi connectivity index (χ4v) is 3.55. The lowest BCUT2D eigenvalue weighted by molar-refractivity contribution is -0.148. The molecule has 0 aromatic carbocycles. The number of rotatable bonds is 2. The van der Waals surface area contributed by atoms with Gasteiger partial charge in [-0.2, -0.15) is 0 Å². The van der Waals surface area contributed by atoms with Crippen LogP contribution in [0.2, 0.25) is 0 Å². The van der Waals surface area contributed by atoms with E-state index in [4.69, 9.17) is 0 Å². The quantitative estimate of drug-likeness (QED) is 0.817. The Hall–Kier alpha value is -1.26. The maximum absolute atomic E-state index is 12.4. The Morgan fingerprint density at radius 1 is 1.20 bits per heavy atom. The van der Waals surface area contributed by atoms with Gasteiger partial charge in [0.15, 0.2) is 0 Å². The van der Waals surface area contributed by atoms with Crippen LogP contribution < -0.4 is 5.32 Å². The van der Waals surface area contributed by atoms with Crippen LogP contribution in [0.3, 0.4) is 0 Å². The number of carbonyl (C=O) groups excluding carboxylic acids is 1. The van der Waals surface area contributed by atoms with Crippen molar-refractivity contribution in [1.82, 2.24) is 10.2 Å². The molecule has 2 fully saturated rings. The number of amides is 2. The van der Waals surface area contributed by atoms with Crippen molar-refractivity contribution in [3.8, 4) is 0 Å². The number of urea groups is 1. The van der Waals surface area contributed by atoms with Crippen LogP contribution in [0.15, 0.2) is 0 Å². The maximum atomic E-state index is 12.4. The van der Waals surface area contributed by atoms with Crippen LogP contribution >= 0.6 is 0 Å². The molecule has 2 aliphatic rings. The van der Waals surface area contributed by atoms with Gasteiger partial charge in [-0.15, -0.1) is 0 Å². The number of piperidine rings is 1. The summed E-state index contributed by atoms with van der Waals surface area (Å²) in [5, 5.41) is 12.5. The van der Waals surface area contributed by atoms with E-state index in [0.717, 1.165) is 45.2 Å². The first-order valence-corrected chi connectivity index (χ1v) is 7.76. The Morgan fingerprint density at radius 2 is 1.95 bits per heavy atom. The van der Waals surface area contributed by atoms with Crippen LogP contribution in [-0.2, 0) is 4.79 Å². The van der Waals surface area contributed by atoms with Crippen LogP contribution in [0.4, 0.5) is 4.79 Å². The highest BCUT2D eigenvalue weighted by molar-refractivity contribution is 5.86. The van der Waals surface area contributed by atoms with Gasteiger partial charge in [-0.05, 0) is 37.5 Å². The number of carboxylic acids is 1. The Bertz CT molecular complexity index is 385. The summed E-state index contributed by atoms with van der Waals surface area (Å²) in [6.45, 7) is 5.54. The molecule has 3 atom stereocenters. The van der Waals surface area contributed by atoms with Gasteiger partial charge in [-0.1, -0.05) is 26.7 Å². The summed E-state index contributed by atoms with van der Waals surface area (Å²) < 4.78 is 0. The van der Waals surface area contributed by atoms with Crippen LogP contribution in [0.5, 0.6) is 0 Å². The largest absolute Gasteiger partial charge is 0.479 e. The number of hydrogen-bond acceptors (Lipinski definition) is 2. The topological polar surface area (TPSA) is 69.6 Å². The molecular weight excluding hydrogens is 256 g/mol. The summed E-state index contributed by atoms with van der Waals surface area (Å²) in [6.07, 6.45) is 5.47. The first-order valence-electron chi connectivity index (χ1n) is 7.76. The second-order valence-electron chi connectivity index (χ2n) is 6.55. The zero-order chi connectivity index (χ0) is 14.8. The third-order valence-electron chi connectivity index (χ3n) is 4.96. The second-order valence-corrected chi connectivity index (χ2v) is 6.55. The Morgan fingerprint density at radius 3 is 2.55 bits per heavy atom. The minimum absolute atomic E-state index is 0.0140. The SMILES string of the molecule is CC1CCCN(C(=O)NC2(C(=O)O)CCCCC2C)C1. The van der Waals surface area contributed by atoms with Crippen molar-refractivity contribution < 1.29 is 14.7 Å². The summed E-state index contributed by atoms with van der Waals surface area (Å²) >= 11 is 0. The molecule has 0 aromatic rings. The molecule has 5 nitrogen and oxygen atoms in total.